The number of hydrogen-bond acceptors (Lipinski definition) is 1. The normalized spacial score (nSPS) is 1.60. The Morgan fingerprint density at radius 3 is 0.200 bits per heavy atom. The Bertz CT molecular complexity index is 41.7. The summed E-state index contributed by atoms with van der Waals surface area (Å²) in [4.78, 5) is 0. The molecule has 75 heavy (non-hydrogen) atoms. The Kier molecular flexibility index (Phi) is 5510. The molecule has 1 aliphatic heterocycles. The van der Waals surface area contributed by atoms with Gasteiger partial charge in [0.2, 0.25) is 0 Å². The summed E-state index contributed by atoms with van der Waals surface area (Å²) in [6.45, 7) is 2.32. The molecule has 450 valence electrons. The van der Waals surface area contributed by atoms with Crippen molar-refractivity contribution in [3.8, 4) is 0 Å². The fourth-order valence-electron chi connectivity index (χ4n) is 0.510. The van der Waals surface area contributed by atoms with E-state index >= 15 is 0 Å². The monoisotopic (exact) mass is 12900 g/mol. The van der Waals surface area contributed by atoms with Crippen molar-refractivity contribution in [1.82, 2.24) is 5.32 Å². The van der Waals surface area contributed by atoms with Gasteiger partial charge in [0, 0.05) is 1470 Å². The molecule has 1 nitrogen and oxygen atoms in total. The topological polar surface area (TPSA) is 12.0 Å². The summed E-state index contributed by atoms with van der Waals surface area (Å²) in [5.74, 6) is 0. The van der Waals surface area contributed by atoms with Crippen LogP contribution in [0, 0.1) is 6.42 Å². The average molecular weight is 12900 g/mol. The molecule has 71 heteroatoms. The van der Waals surface area contributed by atoms with E-state index < -0.39 is 0 Å². The number of nitrogens with one attached hydrogen (secondary N) is 1. The van der Waals surface area contributed by atoms with Crippen LogP contribution in [0.1, 0.15) is 6.42 Å². The molecule has 0 aromatic heterocycles. The zero-order valence-electron chi connectivity index (χ0n) is 31.8. The van der Waals surface area contributed by atoms with Crippen LogP contribution in [-0.4, -0.2) is 13.1 Å². The standard InChI is InChI=1S/C4H8N.70W/c1-2-4-5-3-1;;;;;;;;;;;;;;;;;;;;;;;;;;;;;;;;;;;;;;;;;;;;;;;;;;;;;;;;;;;;;;;;;;;;;;/h1,5H,2-4H2;;;;;;;;;;;;;;;;;;;;;;;;;;;;;;;;;;;;;;;;;;;;;;;;;;;;;;;;;;;;;;;;;;;;;;/q-1;;;;;;;;;;;;;;;;;;;;;;;;;;;;;;;;;;;;;;;;;;;;;;;;;;;;;;;;;;;;;;;;;;;;;;. The summed E-state index contributed by atoms with van der Waals surface area (Å²) in [5.41, 5.74) is 0. The summed E-state index contributed by atoms with van der Waals surface area (Å²) < 4.78 is 0. The second-order valence-electron chi connectivity index (χ2n) is 1.28. The quantitative estimate of drug-likeness (QED) is 0.338. The predicted octanol–water partition coefficient (Wildman–Crippen LogP) is 0.00899. The molecule has 1 fully saturated rings. The Balaban J connectivity index is -0.0000000000525. The maximum atomic E-state index is 3.17. The van der Waals surface area contributed by atoms with Crippen LogP contribution in [0.5, 0.6) is 0 Å². The molecule has 0 amide bonds. The van der Waals surface area contributed by atoms with Gasteiger partial charge in [0.25, 0.3) is 0 Å². The van der Waals surface area contributed by atoms with E-state index in [9.17, 15) is 0 Å². The van der Waals surface area contributed by atoms with Gasteiger partial charge in [-0.25, -0.2) is 0 Å². The molecule has 1 rings (SSSR count). The molecule has 1 saturated heterocycles. The van der Waals surface area contributed by atoms with Gasteiger partial charge >= 0.3 is 0 Å². The molecular weight excluding hydrogens is 12900 g/mol. The van der Waals surface area contributed by atoms with Crippen LogP contribution >= 0.6 is 0 Å². The van der Waals surface area contributed by atoms with E-state index in [4.69, 9.17) is 0 Å². The van der Waals surface area contributed by atoms with E-state index in [0.717, 1.165) is 6.54 Å². The van der Waals surface area contributed by atoms with Gasteiger partial charge in [-0.15, -0.1) is 6.54 Å². The third-order valence-electron chi connectivity index (χ3n) is 0.814. The van der Waals surface area contributed by atoms with Crippen molar-refractivity contribution in [3.05, 3.63) is 6.42 Å². The molecule has 0 aliphatic carbocycles. The van der Waals surface area contributed by atoms with Gasteiger partial charge in [-0.05, 0) is 6.54 Å². The van der Waals surface area contributed by atoms with E-state index in [2.05, 4.69) is 11.7 Å². The van der Waals surface area contributed by atoms with E-state index in [1.165, 1.54) is 13.0 Å². The van der Waals surface area contributed by atoms with E-state index in [-0.39, 0.29) is 1470 Å². The Hall–Kier alpha value is 48.1. The van der Waals surface area contributed by atoms with Crippen molar-refractivity contribution < 1.29 is 1470 Å². The minimum atomic E-state index is 0. The van der Waals surface area contributed by atoms with Crippen LogP contribution < -0.4 is 5.32 Å². The Morgan fingerprint density at radius 1 is 0.120 bits per heavy atom. The first kappa shape index (κ1) is 651. The van der Waals surface area contributed by atoms with Gasteiger partial charge in [0.05, 0.1) is 0 Å². The zero-order valence-corrected chi connectivity index (χ0v) is 237. The molecule has 1 heterocycles. The van der Waals surface area contributed by atoms with Crippen molar-refractivity contribution in [2.24, 2.45) is 0 Å². The minimum absolute atomic E-state index is 0. The number of rotatable bonds is 0. The third kappa shape index (κ3) is 624. The summed E-state index contributed by atoms with van der Waals surface area (Å²) >= 11 is 0. The first-order valence-corrected chi connectivity index (χ1v) is 2.02. The van der Waals surface area contributed by atoms with Crippen LogP contribution in [0.4, 0.5) is 0 Å². The van der Waals surface area contributed by atoms with Crippen molar-refractivity contribution in [1.29, 1.82) is 0 Å². The number of hydrogen-bond donors (Lipinski definition) is 1. The molecule has 0 unspecified atom stereocenters. The van der Waals surface area contributed by atoms with Gasteiger partial charge in [0.1, 0.15) is 0 Å². The maximum Gasteiger partial charge on any atom is 0 e. The first-order chi connectivity index (χ1) is 2.50. The fourth-order valence-corrected chi connectivity index (χ4v) is 0.510. The smallest absolute Gasteiger partial charge is 0 e. The molecule has 0 saturated carbocycles. The summed E-state index contributed by atoms with van der Waals surface area (Å²) in [6.07, 6.45) is 3.51. The molecular formula is C4H8NW70-. The third-order valence-corrected chi connectivity index (χ3v) is 0.814. The van der Waals surface area contributed by atoms with Crippen LogP contribution in [0.2, 0.25) is 0 Å². The van der Waals surface area contributed by atoms with Gasteiger partial charge in [-0.2, -0.15) is 6.42 Å². The van der Waals surface area contributed by atoms with Gasteiger partial charge in [-0.3, -0.25) is 0 Å². The van der Waals surface area contributed by atoms with Crippen LogP contribution in [0.3, 0.4) is 0 Å². The molecule has 1 N–H and O–H groups in total. The fraction of sp³-hybridized carbons (Fsp3) is 0.750. The summed E-state index contributed by atoms with van der Waals surface area (Å²) in [6, 6.07) is 0. The van der Waals surface area contributed by atoms with Crippen molar-refractivity contribution in [2.45, 2.75) is 6.42 Å². The molecule has 0 aromatic carbocycles. The van der Waals surface area contributed by atoms with Crippen LogP contribution in [0.25, 0.3) is 0 Å². The summed E-state index contributed by atoms with van der Waals surface area (Å²) in [7, 11) is 0. The largest absolute Gasteiger partial charge is 0.349 e. The summed E-state index contributed by atoms with van der Waals surface area (Å²) in [5, 5.41) is 3.17. The minimum Gasteiger partial charge on any atom is -0.349 e. The Labute approximate surface area is 1460 Å². The van der Waals surface area contributed by atoms with Crippen LogP contribution in [0.15, 0.2) is 0 Å². The van der Waals surface area contributed by atoms with Gasteiger partial charge in [0.15, 0.2) is 0 Å². The first-order valence-electron chi connectivity index (χ1n) is 2.02. The molecule has 0 radical (unpaired) electrons. The molecule has 0 bridgehead atoms. The second-order valence-corrected chi connectivity index (χ2v) is 1.28. The SMILES string of the molecule is [CH-]1CCNC1.[W].[W].[W].[W].[W].[W].[W].[W].[W].[W].[W].[W].[W].[W].[W].[W].[W].[W].[W].[W].[W].[W].[W].[W].[W].[W].[W].[W].[W].[W].[W].[W].[W].[W].[W].[W].[W].[W].[W].[W].[W].[W].[W].[W].[W].[W].[W].[W].[W].[W].[W].[W].[W].[W].[W].[W].[W].[W].[W].[W].[W].[W].[W].[W].[W].[W].[W].[W].[W].[W]. The van der Waals surface area contributed by atoms with Gasteiger partial charge < -0.3 is 11.7 Å². The molecule has 0 spiro atoms. The van der Waals surface area contributed by atoms with E-state index in [1.54, 1.807) is 0 Å². The van der Waals surface area contributed by atoms with Crippen molar-refractivity contribution in [2.75, 3.05) is 13.1 Å². The van der Waals surface area contributed by atoms with Crippen molar-refractivity contribution in [3.63, 3.8) is 0 Å². The average Bonchev–Trinajstić information content (AvgIpc) is 1.76. The predicted molar refractivity (Wildman–Crippen MR) is 21.8 cm³/mol. The second kappa shape index (κ2) is 635. The molecule has 0 atom stereocenters. The Morgan fingerprint density at radius 2 is 0.187 bits per heavy atom. The van der Waals surface area contributed by atoms with E-state index in [1.807, 2.05) is 0 Å². The van der Waals surface area contributed by atoms with Gasteiger partial charge in [-0.1, -0.05) is 0 Å². The van der Waals surface area contributed by atoms with Crippen molar-refractivity contribution >= 4 is 0 Å². The zero-order chi connectivity index (χ0) is 3.54. The molecule has 0 aromatic rings. The van der Waals surface area contributed by atoms with Crippen LogP contribution in [-0.2, 0) is 1470 Å². The molecule has 1 aliphatic rings. The maximum absolute atomic E-state index is 3.17. The van der Waals surface area contributed by atoms with E-state index in [0.29, 0.717) is 0 Å².